The molecule has 9 heteroatoms. The van der Waals surface area contributed by atoms with Crippen LogP contribution in [-0.4, -0.2) is 83.0 Å². The molecule has 0 radical (unpaired) electrons. The lowest BCUT2D eigenvalue weighted by molar-refractivity contribution is -0.215. The third kappa shape index (κ3) is 7.39. The molecule has 412 valence electrons. The maximum atomic E-state index is 14.9. The van der Waals surface area contributed by atoms with Gasteiger partial charge >= 0.3 is 0 Å². The van der Waals surface area contributed by atoms with Gasteiger partial charge in [-0.2, -0.15) is 0 Å². The highest BCUT2D eigenvalue weighted by atomic mass is 16.5. The predicted molar refractivity (Wildman–Crippen MR) is 290 cm³/mol. The second kappa shape index (κ2) is 17.4. The van der Waals surface area contributed by atoms with E-state index in [-0.39, 0.29) is 90.0 Å². The van der Waals surface area contributed by atoms with Crippen molar-refractivity contribution in [3.8, 4) is 0 Å². The van der Waals surface area contributed by atoms with Crippen LogP contribution in [-0.2, 0) is 14.3 Å². The van der Waals surface area contributed by atoms with E-state index in [0.29, 0.717) is 75.7 Å². The molecule has 10 aliphatic rings. The van der Waals surface area contributed by atoms with Gasteiger partial charge in [0.1, 0.15) is 0 Å². The Hall–Kier alpha value is -1.78. The molecule has 2 amide bonds. The van der Waals surface area contributed by atoms with Gasteiger partial charge in [0.15, 0.2) is 0 Å². The predicted octanol–water partition coefficient (Wildman–Crippen LogP) is 11.5. The van der Waals surface area contributed by atoms with Crippen molar-refractivity contribution in [3.63, 3.8) is 0 Å². The lowest BCUT2D eigenvalue weighted by atomic mass is 9.33. The van der Waals surface area contributed by atoms with Gasteiger partial charge < -0.3 is 35.8 Å². The van der Waals surface area contributed by atoms with Gasteiger partial charge in [-0.1, -0.05) is 120 Å². The SMILES string of the molecule is CC1(C)CC[C@@]2(C(=O)NCCOCCNC(=O)[C@]34CCC(C)(C)CC3C3=CCC5[C@@]6(C)CC[C@H](O)C(C)(C)C6CC[C@@]5(C)[C@]3(C)C[C@H]4O)C(C1)C1=CCC3[C@@]4(C)CC[C@H](O)C(C)(C)C4CC[C@@]3(C)[C@]1(C)C[C@H]2O. The molecule has 9 nitrogen and oxygen atoms in total. The Morgan fingerprint density at radius 1 is 0.479 bits per heavy atom. The van der Waals surface area contributed by atoms with Gasteiger partial charge in [-0.3, -0.25) is 9.59 Å². The van der Waals surface area contributed by atoms with Crippen molar-refractivity contribution in [2.75, 3.05) is 26.3 Å². The van der Waals surface area contributed by atoms with Crippen molar-refractivity contribution in [1.82, 2.24) is 10.6 Å². The first-order valence-corrected chi connectivity index (χ1v) is 30.1. The van der Waals surface area contributed by atoms with Crippen LogP contribution in [0.4, 0.5) is 0 Å². The number of allylic oxidation sites excluding steroid dienone is 4. The molecular weight excluding hydrogens is 909 g/mol. The van der Waals surface area contributed by atoms with Crippen LogP contribution in [0.25, 0.3) is 0 Å². The highest BCUT2D eigenvalue weighted by molar-refractivity contribution is 5.85. The summed E-state index contributed by atoms with van der Waals surface area (Å²) in [6.07, 6.45) is 19.2. The van der Waals surface area contributed by atoms with Crippen LogP contribution in [0, 0.1) is 100 Å². The number of carbonyl (C=O) groups is 2. The number of carbonyl (C=O) groups excluding carboxylic acids is 2. The highest BCUT2D eigenvalue weighted by Crippen LogP contribution is 2.78. The molecule has 8 saturated carbocycles. The van der Waals surface area contributed by atoms with Crippen LogP contribution in [0.15, 0.2) is 23.3 Å². The van der Waals surface area contributed by atoms with Crippen molar-refractivity contribution >= 4 is 11.8 Å². The molecule has 10 aliphatic carbocycles. The molecule has 0 aromatic rings. The third-order valence-electron chi connectivity index (χ3n) is 27.2. The van der Waals surface area contributed by atoms with Crippen LogP contribution in [0.1, 0.15) is 213 Å². The minimum atomic E-state index is -0.892. The monoisotopic (exact) mass is 1010 g/mol. The zero-order valence-electron chi connectivity index (χ0n) is 48.5. The summed E-state index contributed by atoms with van der Waals surface area (Å²) < 4.78 is 6.18. The summed E-state index contributed by atoms with van der Waals surface area (Å²) in [5, 5.41) is 54.4. The Balaban J connectivity index is 0.799. The fourth-order valence-electron chi connectivity index (χ4n) is 22.4. The number of ether oxygens (including phenoxy) is 1. The van der Waals surface area contributed by atoms with E-state index in [0.717, 1.165) is 89.9 Å². The number of nitrogens with one attached hydrogen (secondary N) is 2. The summed E-state index contributed by atoms with van der Waals surface area (Å²) in [6, 6.07) is 0. The van der Waals surface area contributed by atoms with Gasteiger partial charge in [-0.25, -0.2) is 0 Å². The largest absolute Gasteiger partial charge is 0.393 e. The van der Waals surface area contributed by atoms with Crippen molar-refractivity contribution < 1.29 is 34.8 Å². The maximum Gasteiger partial charge on any atom is 0.229 e. The molecular formula is C64H104N2O7. The molecule has 6 N–H and O–H groups in total. The lowest BCUT2D eigenvalue weighted by Crippen LogP contribution is -2.68. The van der Waals surface area contributed by atoms with E-state index in [1.807, 2.05) is 0 Å². The zero-order chi connectivity index (χ0) is 53.2. The Labute approximate surface area is 442 Å². The highest BCUT2D eigenvalue weighted by Gasteiger charge is 2.73. The normalized spacial score (nSPS) is 50.8. The van der Waals surface area contributed by atoms with Crippen LogP contribution in [0.2, 0.25) is 0 Å². The number of fused-ring (bicyclic) bond motifs is 14. The Kier molecular flexibility index (Phi) is 13.0. The summed E-state index contributed by atoms with van der Waals surface area (Å²) in [6.45, 7) is 34.8. The molecule has 0 aliphatic heterocycles. The van der Waals surface area contributed by atoms with Gasteiger partial charge in [-0.05, 0) is 205 Å². The lowest BCUT2D eigenvalue weighted by Gasteiger charge is -2.71. The molecule has 0 heterocycles. The smallest absolute Gasteiger partial charge is 0.229 e. The quantitative estimate of drug-likeness (QED) is 0.105. The first-order chi connectivity index (χ1) is 33.8. The zero-order valence-corrected chi connectivity index (χ0v) is 48.5. The summed E-state index contributed by atoms with van der Waals surface area (Å²) >= 11 is 0. The van der Waals surface area contributed by atoms with Gasteiger partial charge in [0.2, 0.25) is 11.8 Å². The van der Waals surface area contributed by atoms with E-state index in [1.54, 1.807) is 0 Å². The molecule has 10 rings (SSSR count). The molecule has 73 heavy (non-hydrogen) atoms. The summed E-state index contributed by atoms with van der Waals surface area (Å²) in [5.74, 6) is 1.63. The molecule has 0 aromatic heterocycles. The third-order valence-corrected chi connectivity index (χ3v) is 27.2. The molecule has 0 bridgehead atoms. The van der Waals surface area contributed by atoms with E-state index in [2.05, 4.69) is 120 Å². The topological polar surface area (TPSA) is 148 Å². The maximum absolute atomic E-state index is 14.9. The van der Waals surface area contributed by atoms with Gasteiger partial charge in [0.25, 0.3) is 0 Å². The van der Waals surface area contributed by atoms with Crippen molar-refractivity contribution in [1.29, 1.82) is 0 Å². The Morgan fingerprint density at radius 2 is 0.849 bits per heavy atom. The Morgan fingerprint density at radius 3 is 1.22 bits per heavy atom. The summed E-state index contributed by atoms with van der Waals surface area (Å²) in [5.41, 5.74) is 0.610. The van der Waals surface area contributed by atoms with Gasteiger partial charge in [0, 0.05) is 13.1 Å². The van der Waals surface area contributed by atoms with Crippen molar-refractivity contribution in [3.05, 3.63) is 23.3 Å². The number of amides is 2. The minimum Gasteiger partial charge on any atom is -0.393 e. The molecule has 0 aromatic carbocycles. The second-order valence-electron chi connectivity index (χ2n) is 31.8. The molecule has 6 unspecified atom stereocenters. The molecule has 8 fully saturated rings. The standard InChI is InChI=1S/C64H104N2O7/c1-53(2)27-29-63(41(35-53)39-15-17-45-57(9)23-21-47(67)55(5,6)43(57)19-25-59(45,11)61(39,13)37-49(63)69)51(71)65-31-33-73-34-32-66-52(72)64-30-28-54(3,4)36-42(64)40-16-18-46-58(10)24-22-48(68)56(7,8)44(58)20-26-60(46,12)62(40,14)38-50(64)70/h15-16,41-50,67-70H,17-38H2,1-14H3,(H,65,71)(H,66,72)/t41?,42?,43?,44?,45?,46?,47-,48-,49+,50+,57-,58-,59+,60+,61+,62+,63+,64+/m0/s1. The fourth-order valence-corrected chi connectivity index (χ4v) is 22.4. The first kappa shape index (κ1) is 54.6. The first-order valence-electron chi connectivity index (χ1n) is 30.1. The number of hydrogen-bond donors (Lipinski definition) is 6. The Bertz CT molecular complexity index is 2110. The van der Waals surface area contributed by atoms with Crippen LogP contribution in [0.3, 0.4) is 0 Å². The van der Waals surface area contributed by atoms with Crippen LogP contribution < -0.4 is 10.6 Å². The number of aliphatic hydroxyl groups excluding tert-OH is 4. The van der Waals surface area contributed by atoms with Crippen LogP contribution in [0.5, 0.6) is 0 Å². The average molecular weight is 1010 g/mol. The van der Waals surface area contributed by atoms with Gasteiger partial charge in [0.05, 0.1) is 48.5 Å². The van der Waals surface area contributed by atoms with Crippen molar-refractivity contribution in [2.24, 2.45) is 100 Å². The summed E-state index contributed by atoms with van der Waals surface area (Å²) in [7, 11) is 0. The van der Waals surface area contributed by atoms with E-state index in [4.69, 9.17) is 4.74 Å². The average Bonchev–Trinajstić information content (AvgIpc) is 3.29. The molecule has 18 atom stereocenters. The van der Waals surface area contributed by atoms with E-state index in [1.165, 1.54) is 11.1 Å². The second-order valence-corrected chi connectivity index (χ2v) is 31.8. The van der Waals surface area contributed by atoms with E-state index < -0.39 is 23.0 Å². The van der Waals surface area contributed by atoms with E-state index >= 15 is 0 Å². The molecule has 0 spiro atoms. The number of aliphatic hydroxyl groups is 4. The summed E-state index contributed by atoms with van der Waals surface area (Å²) in [4.78, 5) is 29.8. The minimum absolute atomic E-state index is 0.0229. The van der Waals surface area contributed by atoms with E-state index in [9.17, 15) is 30.0 Å². The van der Waals surface area contributed by atoms with Crippen molar-refractivity contribution in [2.45, 2.75) is 237 Å². The van der Waals surface area contributed by atoms with Gasteiger partial charge in [-0.15, -0.1) is 0 Å². The fraction of sp³-hybridized carbons (Fsp3) is 0.906. The molecule has 0 saturated heterocycles. The number of rotatable bonds is 8. The number of hydrogen-bond acceptors (Lipinski definition) is 7. The van der Waals surface area contributed by atoms with Crippen LogP contribution >= 0.6 is 0 Å².